The smallest absolute Gasteiger partial charge is 0.106 e. The number of benzene rings is 1. The number of hydrogen-bond donors (Lipinski definition) is 0. The molecule has 0 amide bonds. The molecule has 1 heterocycles. The lowest BCUT2D eigenvalue weighted by molar-refractivity contribution is 0.213. The van der Waals surface area contributed by atoms with E-state index in [9.17, 15) is 0 Å². The average molecular weight is 238 g/mol. The first-order chi connectivity index (χ1) is 8.90. The van der Waals surface area contributed by atoms with E-state index in [1.165, 1.54) is 16.7 Å². The number of hydrogen-bond acceptors (Lipinski definition) is 3. The van der Waals surface area contributed by atoms with Crippen molar-refractivity contribution in [1.29, 1.82) is 0 Å². The van der Waals surface area contributed by atoms with Gasteiger partial charge in [0.2, 0.25) is 0 Å². The van der Waals surface area contributed by atoms with E-state index in [1.54, 1.807) is 13.3 Å². The van der Waals surface area contributed by atoms with E-state index in [2.05, 4.69) is 34.4 Å². The normalized spacial score (nSPS) is 15.7. The molecule has 1 aromatic carbocycles. The summed E-state index contributed by atoms with van der Waals surface area (Å²) in [7, 11) is 1.59. The van der Waals surface area contributed by atoms with Crippen LogP contribution in [0.15, 0.2) is 47.9 Å². The Bertz CT molecular complexity index is 591. The van der Waals surface area contributed by atoms with Crippen LogP contribution in [0.2, 0.25) is 0 Å². The summed E-state index contributed by atoms with van der Waals surface area (Å²) in [5, 5.41) is 4.10. The van der Waals surface area contributed by atoms with Gasteiger partial charge in [-0.05, 0) is 30.0 Å². The van der Waals surface area contributed by atoms with E-state index >= 15 is 0 Å². The summed E-state index contributed by atoms with van der Waals surface area (Å²) in [6.45, 7) is 0. The molecule has 0 saturated heterocycles. The molecule has 1 aliphatic rings. The van der Waals surface area contributed by atoms with Crippen molar-refractivity contribution < 1.29 is 4.84 Å². The maximum atomic E-state index is 4.90. The van der Waals surface area contributed by atoms with E-state index in [1.807, 2.05) is 12.3 Å². The molecule has 3 heteroatoms. The first kappa shape index (κ1) is 11.0. The van der Waals surface area contributed by atoms with Crippen molar-refractivity contribution in [3.63, 3.8) is 0 Å². The highest BCUT2D eigenvalue weighted by atomic mass is 16.6. The van der Waals surface area contributed by atoms with Gasteiger partial charge in [-0.1, -0.05) is 29.4 Å². The molecule has 0 spiro atoms. The van der Waals surface area contributed by atoms with Crippen LogP contribution in [0.5, 0.6) is 0 Å². The molecule has 2 aromatic rings. The Balaban J connectivity index is 2.13. The third-order valence-corrected chi connectivity index (χ3v) is 3.27. The van der Waals surface area contributed by atoms with Gasteiger partial charge >= 0.3 is 0 Å². The summed E-state index contributed by atoms with van der Waals surface area (Å²) in [4.78, 5) is 9.09. The summed E-state index contributed by atoms with van der Waals surface area (Å²) >= 11 is 0. The van der Waals surface area contributed by atoms with Crippen molar-refractivity contribution in [2.45, 2.75) is 12.8 Å². The Hall–Kier alpha value is -2.16. The molecule has 1 aromatic heterocycles. The number of aromatic nitrogens is 1. The van der Waals surface area contributed by atoms with Crippen LogP contribution in [0, 0.1) is 0 Å². The molecular weight excluding hydrogens is 224 g/mol. The zero-order valence-corrected chi connectivity index (χ0v) is 10.3. The average Bonchev–Trinajstić information content (AvgIpc) is 2.84. The fraction of sp³-hybridized carbons (Fsp3) is 0.200. The van der Waals surface area contributed by atoms with Crippen LogP contribution >= 0.6 is 0 Å². The SMILES string of the molecule is CO/N=C1/CCc2c1cccc2-c1cccnc1. The van der Waals surface area contributed by atoms with Crippen molar-refractivity contribution in [3.8, 4) is 11.1 Å². The molecule has 0 bridgehead atoms. The zero-order valence-electron chi connectivity index (χ0n) is 10.3. The molecule has 0 aliphatic heterocycles. The standard InChI is InChI=1S/C15H14N2O/c1-18-17-15-8-7-13-12(5-2-6-14(13)15)11-4-3-9-16-10-11/h2-6,9-10H,7-8H2,1H3/b17-15-. The predicted molar refractivity (Wildman–Crippen MR) is 71.5 cm³/mol. The fourth-order valence-corrected chi connectivity index (χ4v) is 2.50. The fourth-order valence-electron chi connectivity index (χ4n) is 2.50. The van der Waals surface area contributed by atoms with Gasteiger partial charge in [-0.2, -0.15) is 0 Å². The second kappa shape index (κ2) is 4.61. The van der Waals surface area contributed by atoms with Crippen molar-refractivity contribution in [3.05, 3.63) is 53.9 Å². The largest absolute Gasteiger partial charge is 0.399 e. The number of fused-ring (bicyclic) bond motifs is 1. The Morgan fingerprint density at radius 1 is 1.11 bits per heavy atom. The molecule has 90 valence electrons. The van der Waals surface area contributed by atoms with E-state index in [4.69, 9.17) is 4.84 Å². The van der Waals surface area contributed by atoms with Crippen molar-refractivity contribution >= 4 is 5.71 Å². The lowest BCUT2D eigenvalue weighted by Crippen LogP contribution is -1.95. The molecule has 0 radical (unpaired) electrons. The lowest BCUT2D eigenvalue weighted by Gasteiger charge is -2.07. The van der Waals surface area contributed by atoms with Crippen LogP contribution in [0.3, 0.4) is 0 Å². The van der Waals surface area contributed by atoms with Gasteiger partial charge in [-0.3, -0.25) is 4.98 Å². The van der Waals surface area contributed by atoms with Gasteiger partial charge in [0.25, 0.3) is 0 Å². The van der Waals surface area contributed by atoms with Crippen molar-refractivity contribution in [2.75, 3.05) is 7.11 Å². The molecule has 0 N–H and O–H groups in total. The van der Waals surface area contributed by atoms with Gasteiger partial charge < -0.3 is 4.84 Å². The summed E-state index contributed by atoms with van der Waals surface area (Å²) in [5.41, 5.74) is 6.01. The molecule has 0 atom stereocenters. The second-order valence-electron chi connectivity index (χ2n) is 4.29. The first-order valence-electron chi connectivity index (χ1n) is 6.03. The molecule has 0 saturated carbocycles. The van der Waals surface area contributed by atoms with Crippen LogP contribution in [0.4, 0.5) is 0 Å². The van der Waals surface area contributed by atoms with Crippen LogP contribution < -0.4 is 0 Å². The number of pyridine rings is 1. The van der Waals surface area contributed by atoms with Gasteiger partial charge in [0.05, 0.1) is 5.71 Å². The Labute approximate surface area is 106 Å². The lowest BCUT2D eigenvalue weighted by atomic mass is 9.98. The summed E-state index contributed by atoms with van der Waals surface area (Å²) in [6.07, 6.45) is 5.66. The molecule has 1 aliphatic carbocycles. The Morgan fingerprint density at radius 2 is 2.00 bits per heavy atom. The molecule has 3 rings (SSSR count). The molecular formula is C15H14N2O. The minimum Gasteiger partial charge on any atom is -0.399 e. The van der Waals surface area contributed by atoms with Gasteiger partial charge in [-0.15, -0.1) is 0 Å². The summed E-state index contributed by atoms with van der Waals surface area (Å²) < 4.78 is 0. The summed E-state index contributed by atoms with van der Waals surface area (Å²) in [5.74, 6) is 0. The van der Waals surface area contributed by atoms with E-state index in [-0.39, 0.29) is 0 Å². The molecule has 0 unspecified atom stereocenters. The Morgan fingerprint density at radius 3 is 2.78 bits per heavy atom. The predicted octanol–water partition coefficient (Wildman–Crippen LogP) is 3.05. The minimum absolute atomic E-state index is 0.945. The topological polar surface area (TPSA) is 34.5 Å². The van der Waals surface area contributed by atoms with E-state index < -0.39 is 0 Å². The second-order valence-corrected chi connectivity index (χ2v) is 4.29. The van der Waals surface area contributed by atoms with Crippen LogP contribution in [0.1, 0.15) is 17.5 Å². The highest BCUT2D eigenvalue weighted by molar-refractivity contribution is 6.05. The quantitative estimate of drug-likeness (QED) is 0.754. The van der Waals surface area contributed by atoms with Gasteiger partial charge in [-0.25, -0.2) is 0 Å². The van der Waals surface area contributed by atoms with Gasteiger partial charge in [0.1, 0.15) is 7.11 Å². The molecule has 18 heavy (non-hydrogen) atoms. The monoisotopic (exact) mass is 238 g/mol. The number of oxime groups is 1. The third kappa shape index (κ3) is 1.78. The highest BCUT2D eigenvalue weighted by Gasteiger charge is 2.21. The minimum atomic E-state index is 0.945. The maximum Gasteiger partial charge on any atom is 0.106 e. The van der Waals surface area contributed by atoms with Gasteiger partial charge in [0, 0.05) is 23.5 Å². The van der Waals surface area contributed by atoms with E-state index in [0.29, 0.717) is 0 Å². The van der Waals surface area contributed by atoms with Crippen LogP contribution in [-0.2, 0) is 11.3 Å². The Kier molecular flexibility index (Phi) is 2.81. The van der Waals surface area contributed by atoms with Crippen LogP contribution in [0.25, 0.3) is 11.1 Å². The van der Waals surface area contributed by atoms with Gasteiger partial charge in [0.15, 0.2) is 0 Å². The number of rotatable bonds is 2. The number of nitrogens with zero attached hydrogens (tertiary/aromatic N) is 2. The summed E-state index contributed by atoms with van der Waals surface area (Å²) in [6, 6.07) is 10.4. The van der Waals surface area contributed by atoms with Crippen molar-refractivity contribution in [1.82, 2.24) is 4.98 Å². The van der Waals surface area contributed by atoms with Crippen LogP contribution in [-0.4, -0.2) is 17.8 Å². The van der Waals surface area contributed by atoms with E-state index in [0.717, 1.165) is 24.1 Å². The third-order valence-electron chi connectivity index (χ3n) is 3.27. The zero-order chi connectivity index (χ0) is 12.4. The molecule has 3 nitrogen and oxygen atoms in total. The van der Waals surface area contributed by atoms with Crippen molar-refractivity contribution in [2.24, 2.45) is 5.16 Å². The highest BCUT2D eigenvalue weighted by Crippen LogP contribution is 2.32. The first-order valence-corrected chi connectivity index (χ1v) is 6.03. The maximum absolute atomic E-state index is 4.90. The molecule has 0 fully saturated rings.